The van der Waals surface area contributed by atoms with Crippen LogP contribution in [0.3, 0.4) is 0 Å². The number of benzene rings is 1. The topological polar surface area (TPSA) is 33.0 Å². The maximum Gasteiger partial charge on any atom is 0.211 e. The molecule has 15 heavy (non-hydrogen) atoms. The summed E-state index contributed by atoms with van der Waals surface area (Å²) in [5.41, 5.74) is 0.262. The number of nitriles is 1. The summed E-state index contributed by atoms with van der Waals surface area (Å²) in [6, 6.07) is 5.97. The van der Waals surface area contributed by atoms with E-state index in [0.717, 1.165) is 0 Å². The number of hydrogen-bond acceptors (Lipinski definition) is 2. The molecule has 0 fully saturated rings. The lowest BCUT2D eigenvalue weighted by Crippen LogP contribution is -2.06. The second-order valence-corrected chi connectivity index (χ2v) is 3.76. The largest absolute Gasteiger partial charge is 0.489 e. The van der Waals surface area contributed by atoms with Gasteiger partial charge in [0.2, 0.25) is 6.17 Å². The number of nitrogens with zero attached hydrogens (tertiary/aromatic N) is 1. The van der Waals surface area contributed by atoms with E-state index in [2.05, 4.69) is 0 Å². The van der Waals surface area contributed by atoms with Crippen molar-refractivity contribution in [2.24, 2.45) is 0 Å². The smallest absolute Gasteiger partial charge is 0.211 e. The van der Waals surface area contributed by atoms with E-state index in [1.165, 1.54) is 24.3 Å². The van der Waals surface area contributed by atoms with E-state index in [1.54, 1.807) is 0 Å². The van der Waals surface area contributed by atoms with Gasteiger partial charge in [-0.25, -0.2) is 4.39 Å². The lowest BCUT2D eigenvalue weighted by atomic mass is 10.1. The molecule has 0 heterocycles. The molecule has 0 saturated carbocycles. The van der Waals surface area contributed by atoms with Crippen LogP contribution in [0, 0.1) is 11.3 Å². The first-order chi connectivity index (χ1) is 7.04. The van der Waals surface area contributed by atoms with Crippen molar-refractivity contribution in [1.29, 1.82) is 5.26 Å². The van der Waals surface area contributed by atoms with Crippen molar-refractivity contribution < 1.29 is 9.13 Å². The number of alkyl halides is 1. The third kappa shape index (κ3) is 3.10. The van der Waals surface area contributed by atoms with Crippen molar-refractivity contribution in [2.75, 3.05) is 0 Å². The average Bonchev–Trinajstić information content (AvgIpc) is 2.19. The summed E-state index contributed by atoms with van der Waals surface area (Å²) in [4.78, 5) is 0. The van der Waals surface area contributed by atoms with Crippen LogP contribution >= 0.6 is 11.6 Å². The summed E-state index contributed by atoms with van der Waals surface area (Å²) >= 11 is 5.86. The Labute approximate surface area is 93.2 Å². The van der Waals surface area contributed by atoms with Crippen LogP contribution < -0.4 is 4.74 Å². The third-order valence-corrected chi connectivity index (χ3v) is 2.04. The predicted octanol–water partition coefficient (Wildman–Crippen LogP) is 3.66. The van der Waals surface area contributed by atoms with E-state index >= 15 is 0 Å². The molecule has 0 saturated heterocycles. The second-order valence-electron chi connectivity index (χ2n) is 3.35. The predicted molar refractivity (Wildman–Crippen MR) is 56.7 cm³/mol. The molecule has 1 aromatic carbocycles. The first-order valence-corrected chi connectivity index (χ1v) is 4.92. The molecule has 0 aliphatic heterocycles. The summed E-state index contributed by atoms with van der Waals surface area (Å²) in [5.74, 6) is 0.405. The monoisotopic (exact) mass is 227 g/mol. The molecule has 1 unspecified atom stereocenters. The van der Waals surface area contributed by atoms with Crippen LogP contribution in [-0.2, 0) is 0 Å². The minimum Gasteiger partial charge on any atom is -0.489 e. The van der Waals surface area contributed by atoms with Gasteiger partial charge in [-0.3, -0.25) is 0 Å². The maximum atomic E-state index is 13.1. The SMILES string of the molecule is CC(C)Oc1cc(C(F)C#N)ccc1Cl. The number of hydrogen-bond donors (Lipinski definition) is 0. The van der Waals surface area contributed by atoms with E-state index in [0.29, 0.717) is 10.8 Å². The van der Waals surface area contributed by atoms with Gasteiger partial charge in [-0.2, -0.15) is 5.26 Å². The Morgan fingerprint density at radius 2 is 2.13 bits per heavy atom. The van der Waals surface area contributed by atoms with Gasteiger partial charge in [0, 0.05) is 5.56 Å². The van der Waals surface area contributed by atoms with E-state index in [1.807, 2.05) is 13.8 Å². The minimum absolute atomic E-state index is 0.0436. The summed E-state index contributed by atoms with van der Waals surface area (Å²) in [6.07, 6.45) is -1.69. The van der Waals surface area contributed by atoms with E-state index < -0.39 is 6.17 Å². The quantitative estimate of drug-likeness (QED) is 0.790. The molecule has 1 aromatic rings. The highest BCUT2D eigenvalue weighted by molar-refractivity contribution is 6.32. The maximum absolute atomic E-state index is 13.1. The molecule has 0 aromatic heterocycles. The van der Waals surface area contributed by atoms with Gasteiger partial charge >= 0.3 is 0 Å². The number of halogens is 2. The Kier molecular flexibility index (Phi) is 3.93. The molecule has 0 N–H and O–H groups in total. The highest BCUT2D eigenvalue weighted by atomic mass is 35.5. The summed E-state index contributed by atoms with van der Waals surface area (Å²) < 4.78 is 18.4. The first kappa shape index (κ1) is 11.8. The standard InChI is InChI=1S/C11H11ClFNO/c1-7(2)15-11-5-8(10(13)6-14)3-4-9(11)12/h3-5,7,10H,1-2H3. The number of rotatable bonds is 3. The van der Waals surface area contributed by atoms with E-state index in [9.17, 15) is 4.39 Å². The van der Waals surface area contributed by atoms with Crippen LogP contribution in [0.5, 0.6) is 5.75 Å². The molecular formula is C11H11ClFNO. The zero-order valence-corrected chi connectivity index (χ0v) is 9.25. The Balaban J connectivity index is 3.01. The first-order valence-electron chi connectivity index (χ1n) is 4.54. The molecular weight excluding hydrogens is 217 g/mol. The fourth-order valence-electron chi connectivity index (χ4n) is 1.10. The molecule has 0 spiro atoms. The van der Waals surface area contributed by atoms with Crippen LogP contribution in [0.15, 0.2) is 18.2 Å². The molecule has 2 nitrogen and oxygen atoms in total. The van der Waals surface area contributed by atoms with Gasteiger partial charge in [0.25, 0.3) is 0 Å². The van der Waals surface area contributed by atoms with Gasteiger partial charge in [-0.15, -0.1) is 0 Å². The number of ether oxygens (including phenoxy) is 1. The average molecular weight is 228 g/mol. The van der Waals surface area contributed by atoms with Crippen LogP contribution in [0.25, 0.3) is 0 Å². The minimum atomic E-state index is -1.64. The highest BCUT2D eigenvalue weighted by Crippen LogP contribution is 2.29. The zero-order chi connectivity index (χ0) is 11.4. The van der Waals surface area contributed by atoms with Crippen LogP contribution in [0.1, 0.15) is 25.6 Å². The third-order valence-electron chi connectivity index (χ3n) is 1.72. The molecule has 1 atom stereocenters. The van der Waals surface area contributed by atoms with Crippen LogP contribution in [0.4, 0.5) is 4.39 Å². The molecule has 0 amide bonds. The molecule has 80 valence electrons. The van der Waals surface area contributed by atoms with E-state index in [4.69, 9.17) is 21.6 Å². The molecule has 0 aliphatic carbocycles. The summed E-state index contributed by atoms with van der Waals surface area (Å²) in [6.45, 7) is 3.69. The van der Waals surface area contributed by atoms with Gasteiger partial charge in [0.15, 0.2) is 0 Å². The Hall–Kier alpha value is -1.27. The molecule has 0 bridgehead atoms. The van der Waals surface area contributed by atoms with Crippen molar-refractivity contribution in [3.63, 3.8) is 0 Å². The van der Waals surface area contributed by atoms with E-state index in [-0.39, 0.29) is 11.7 Å². The molecule has 1 rings (SSSR count). The van der Waals surface area contributed by atoms with Gasteiger partial charge in [-0.1, -0.05) is 17.7 Å². The van der Waals surface area contributed by atoms with Gasteiger partial charge in [0.1, 0.15) is 11.8 Å². The molecule has 0 aliphatic rings. The summed E-state index contributed by atoms with van der Waals surface area (Å²) in [5, 5.41) is 8.85. The normalized spacial score (nSPS) is 12.3. The Bertz CT molecular complexity index is 387. The lowest BCUT2D eigenvalue weighted by molar-refractivity contribution is 0.242. The Morgan fingerprint density at radius 3 is 2.67 bits per heavy atom. The second kappa shape index (κ2) is 4.99. The fourth-order valence-corrected chi connectivity index (χ4v) is 1.26. The summed E-state index contributed by atoms with van der Waals surface area (Å²) in [7, 11) is 0. The van der Waals surface area contributed by atoms with Crippen LogP contribution in [-0.4, -0.2) is 6.10 Å². The van der Waals surface area contributed by atoms with Crippen LogP contribution in [0.2, 0.25) is 5.02 Å². The van der Waals surface area contributed by atoms with Crippen molar-refractivity contribution in [3.8, 4) is 11.8 Å². The van der Waals surface area contributed by atoms with Gasteiger partial charge in [0.05, 0.1) is 11.1 Å². The van der Waals surface area contributed by atoms with Crippen molar-refractivity contribution in [3.05, 3.63) is 28.8 Å². The van der Waals surface area contributed by atoms with Gasteiger partial charge in [-0.05, 0) is 26.0 Å². The van der Waals surface area contributed by atoms with Crippen molar-refractivity contribution in [2.45, 2.75) is 26.1 Å². The van der Waals surface area contributed by atoms with Crippen molar-refractivity contribution >= 4 is 11.6 Å². The van der Waals surface area contributed by atoms with Crippen molar-refractivity contribution in [1.82, 2.24) is 0 Å². The van der Waals surface area contributed by atoms with Gasteiger partial charge < -0.3 is 4.74 Å². The zero-order valence-electron chi connectivity index (χ0n) is 8.50. The lowest BCUT2D eigenvalue weighted by Gasteiger charge is -2.12. The highest BCUT2D eigenvalue weighted by Gasteiger charge is 2.12. The molecule has 0 radical (unpaired) electrons. The molecule has 4 heteroatoms. The Morgan fingerprint density at radius 1 is 1.47 bits per heavy atom. The fraction of sp³-hybridized carbons (Fsp3) is 0.364.